The van der Waals surface area contributed by atoms with Crippen molar-refractivity contribution >= 4 is 17.5 Å². The van der Waals surface area contributed by atoms with Crippen molar-refractivity contribution in [2.24, 2.45) is 0 Å². The van der Waals surface area contributed by atoms with Gasteiger partial charge >= 0.3 is 12.4 Å². The van der Waals surface area contributed by atoms with Crippen molar-refractivity contribution in [2.75, 3.05) is 42.9 Å². The number of alkyl halides is 6. The largest absolute Gasteiger partial charge is 0.423 e. The number of hydrogen-bond donors (Lipinski definition) is 2. The maximum Gasteiger partial charge on any atom is 0.423 e. The van der Waals surface area contributed by atoms with E-state index in [4.69, 9.17) is 4.74 Å². The number of nitrogens with zero attached hydrogens (tertiary/aromatic N) is 5. The van der Waals surface area contributed by atoms with Gasteiger partial charge in [-0.2, -0.15) is 31.4 Å². The lowest BCUT2D eigenvalue weighted by molar-refractivity contribution is -0.139. The van der Waals surface area contributed by atoms with Gasteiger partial charge in [0.25, 0.3) is 5.56 Å². The number of aromatic nitrogens is 4. The van der Waals surface area contributed by atoms with Gasteiger partial charge in [-0.25, -0.2) is 15.1 Å². The van der Waals surface area contributed by atoms with E-state index in [0.29, 0.717) is 39.0 Å². The highest BCUT2D eigenvalue weighted by Gasteiger charge is 2.38. The molecule has 4 rings (SSSR count). The van der Waals surface area contributed by atoms with Crippen molar-refractivity contribution in [2.45, 2.75) is 43.8 Å². The Bertz CT molecular complexity index is 1150. The molecule has 37 heavy (non-hydrogen) atoms. The van der Waals surface area contributed by atoms with Gasteiger partial charge in [-0.3, -0.25) is 9.59 Å². The topological polar surface area (TPSA) is 116 Å². The molecular weight excluding hydrogens is 512 g/mol. The molecule has 0 radical (unpaired) electrons. The number of nitrogens with one attached hydrogen (secondary N) is 2. The van der Waals surface area contributed by atoms with Crippen LogP contribution in [-0.2, 0) is 21.9 Å². The molecule has 1 amide bonds. The minimum Gasteiger partial charge on any atom is -0.380 e. The molecule has 2 aliphatic heterocycles. The number of piperazine rings is 1. The third-order valence-electron chi connectivity index (χ3n) is 6.14. The Kier molecular flexibility index (Phi) is 7.57. The van der Waals surface area contributed by atoms with E-state index < -0.39 is 46.9 Å². The fourth-order valence-electron chi connectivity index (χ4n) is 4.23. The van der Waals surface area contributed by atoms with Crippen LogP contribution >= 0.6 is 0 Å². The molecule has 0 aromatic carbocycles. The Labute approximate surface area is 206 Å². The quantitative estimate of drug-likeness (QED) is 0.542. The number of aromatic amines is 1. The molecule has 0 aliphatic carbocycles. The Hall–Kier alpha value is -3.43. The standard InChI is InChI=1S/C21H23F6N7O3/c22-20(23,24)12-8-29-19(30-9-12)34-5-3-33(4-6-34)16(35)7-13-1-2-14(37-13)10-28-15-11-31-32-18(36)17(15)21(25,26)27/h8-9,11,13-14H,1-7,10H2,(H2,28,32,36). The summed E-state index contributed by atoms with van der Waals surface area (Å²) >= 11 is 0. The SMILES string of the molecule is O=C(CC1CCC(CNc2cn[nH]c(=O)c2C(F)(F)F)O1)N1CCN(c2ncc(C(F)(F)F)cn2)CC1. The first-order valence-corrected chi connectivity index (χ1v) is 11.4. The van der Waals surface area contributed by atoms with Gasteiger partial charge in [0.1, 0.15) is 5.56 Å². The van der Waals surface area contributed by atoms with Gasteiger partial charge < -0.3 is 19.9 Å². The summed E-state index contributed by atoms with van der Waals surface area (Å²) < 4.78 is 83.3. The summed E-state index contributed by atoms with van der Waals surface area (Å²) in [6.45, 7) is 1.36. The molecular formula is C21H23F6N7O3. The predicted molar refractivity (Wildman–Crippen MR) is 117 cm³/mol. The van der Waals surface area contributed by atoms with E-state index in [9.17, 15) is 35.9 Å². The van der Waals surface area contributed by atoms with E-state index in [2.05, 4.69) is 20.4 Å². The van der Waals surface area contributed by atoms with Crippen molar-refractivity contribution in [1.29, 1.82) is 0 Å². The van der Waals surface area contributed by atoms with Gasteiger partial charge in [0.2, 0.25) is 11.9 Å². The molecule has 2 saturated heterocycles. The van der Waals surface area contributed by atoms with Crippen molar-refractivity contribution in [3.05, 3.63) is 40.1 Å². The highest BCUT2D eigenvalue weighted by molar-refractivity contribution is 5.77. The summed E-state index contributed by atoms with van der Waals surface area (Å²) in [5.41, 5.74) is -4.11. The molecule has 2 aromatic heterocycles. The van der Waals surface area contributed by atoms with Crippen LogP contribution in [0.1, 0.15) is 30.4 Å². The van der Waals surface area contributed by atoms with Gasteiger partial charge in [-0.15, -0.1) is 0 Å². The molecule has 10 nitrogen and oxygen atoms in total. The van der Waals surface area contributed by atoms with Crippen LogP contribution in [-0.4, -0.2) is 75.9 Å². The van der Waals surface area contributed by atoms with Crippen LogP contribution in [0.3, 0.4) is 0 Å². The number of rotatable bonds is 6. The summed E-state index contributed by atoms with van der Waals surface area (Å²) in [4.78, 5) is 35.1. The van der Waals surface area contributed by atoms with Crippen LogP contribution in [0.4, 0.5) is 38.0 Å². The van der Waals surface area contributed by atoms with Crippen LogP contribution in [0.25, 0.3) is 0 Å². The third-order valence-corrected chi connectivity index (χ3v) is 6.14. The normalized spacial score (nSPS) is 20.8. The molecule has 4 heterocycles. The first kappa shape index (κ1) is 26.6. The summed E-state index contributed by atoms with van der Waals surface area (Å²) in [6.07, 6.45) is -6.76. The van der Waals surface area contributed by atoms with Crippen molar-refractivity contribution in [3.8, 4) is 0 Å². The predicted octanol–water partition coefficient (Wildman–Crippen LogP) is 2.30. The second-order valence-corrected chi connectivity index (χ2v) is 8.67. The number of halogens is 6. The van der Waals surface area contributed by atoms with Crippen molar-refractivity contribution in [1.82, 2.24) is 25.1 Å². The smallest absolute Gasteiger partial charge is 0.380 e. The Morgan fingerprint density at radius 1 is 1.00 bits per heavy atom. The lowest BCUT2D eigenvalue weighted by Crippen LogP contribution is -2.49. The number of ether oxygens (including phenoxy) is 1. The first-order valence-electron chi connectivity index (χ1n) is 11.4. The van der Waals surface area contributed by atoms with Gasteiger partial charge in [-0.05, 0) is 12.8 Å². The van der Waals surface area contributed by atoms with Gasteiger partial charge in [0, 0.05) is 45.1 Å². The third kappa shape index (κ3) is 6.47. The van der Waals surface area contributed by atoms with Gasteiger partial charge in [0.15, 0.2) is 0 Å². The number of H-pyrrole nitrogens is 1. The Morgan fingerprint density at radius 2 is 1.65 bits per heavy atom. The molecule has 2 atom stereocenters. The summed E-state index contributed by atoms with van der Waals surface area (Å²) in [5.74, 6) is -0.0106. The maximum absolute atomic E-state index is 13.2. The molecule has 2 N–H and O–H groups in total. The Morgan fingerprint density at radius 3 is 2.27 bits per heavy atom. The van der Waals surface area contributed by atoms with E-state index >= 15 is 0 Å². The highest BCUT2D eigenvalue weighted by atomic mass is 19.4. The second kappa shape index (κ2) is 10.5. The monoisotopic (exact) mass is 535 g/mol. The lowest BCUT2D eigenvalue weighted by Gasteiger charge is -2.35. The summed E-state index contributed by atoms with van der Waals surface area (Å²) in [7, 11) is 0. The average Bonchev–Trinajstić information content (AvgIpc) is 3.28. The maximum atomic E-state index is 13.2. The number of amides is 1. The number of hydrogen-bond acceptors (Lipinski definition) is 8. The fourth-order valence-corrected chi connectivity index (χ4v) is 4.23. The van der Waals surface area contributed by atoms with E-state index in [-0.39, 0.29) is 24.8 Å². The molecule has 2 unspecified atom stereocenters. The minimum absolute atomic E-state index is 0.00467. The lowest BCUT2D eigenvalue weighted by atomic mass is 10.1. The summed E-state index contributed by atoms with van der Waals surface area (Å²) in [5, 5.41) is 7.73. The van der Waals surface area contributed by atoms with E-state index in [0.717, 1.165) is 18.6 Å². The van der Waals surface area contributed by atoms with Crippen LogP contribution in [0.2, 0.25) is 0 Å². The highest BCUT2D eigenvalue weighted by Crippen LogP contribution is 2.32. The zero-order valence-electron chi connectivity index (χ0n) is 19.3. The number of carbonyl (C=O) groups excluding carboxylic acids is 1. The minimum atomic E-state index is -4.85. The molecule has 2 aromatic rings. The van der Waals surface area contributed by atoms with Crippen molar-refractivity contribution < 1.29 is 35.9 Å². The first-order chi connectivity index (χ1) is 17.4. The van der Waals surface area contributed by atoms with Crippen LogP contribution in [0.15, 0.2) is 23.4 Å². The van der Waals surface area contributed by atoms with Crippen LogP contribution in [0, 0.1) is 0 Å². The fraction of sp³-hybridized carbons (Fsp3) is 0.571. The van der Waals surface area contributed by atoms with Gasteiger partial charge in [0.05, 0.1) is 36.1 Å². The van der Waals surface area contributed by atoms with E-state index in [1.165, 1.54) is 0 Å². The average molecular weight is 535 g/mol. The summed E-state index contributed by atoms with van der Waals surface area (Å²) in [6, 6.07) is 0. The Balaban J connectivity index is 1.23. The zero-order valence-corrected chi connectivity index (χ0v) is 19.3. The molecule has 2 fully saturated rings. The number of carbonyl (C=O) groups is 1. The van der Waals surface area contributed by atoms with Crippen LogP contribution < -0.4 is 15.8 Å². The van der Waals surface area contributed by atoms with Gasteiger partial charge in [-0.1, -0.05) is 0 Å². The van der Waals surface area contributed by atoms with E-state index in [1.807, 2.05) is 0 Å². The molecule has 0 bridgehead atoms. The van der Waals surface area contributed by atoms with Crippen molar-refractivity contribution in [3.63, 3.8) is 0 Å². The van der Waals surface area contributed by atoms with E-state index in [1.54, 1.807) is 14.9 Å². The zero-order chi connectivity index (χ0) is 26.8. The number of anilines is 2. The molecule has 202 valence electrons. The van der Waals surface area contributed by atoms with Crippen LogP contribution in [0.5, 0.6) is 0 Å². The molecule has 0 saturated carbocycles. The second-order valence-electron chi connectivity index (χ2n) is 8.67. The molecule has 2 aliphatic rings. The molecule has 16 heteroatoms. The molecule has 0 spiro atoms.